The van der Waals surface area contributed by atoms with Crippen molar-refractivity contribution in [1.29, 1.82) is 0 Å². The smallest absolute Gasteiger partial charge is 0.122 e. The Morgan fingerprint density at radius 2 is 2.08 bits per heavy atom. The van der Waals surface area contributed by atoms with Crippen molar-refractivity contribution in [3.05, 3.63) is 17.3 Å². The van der Waals surface area contributed by atoms with Crippen LogP contribution in [0, 0.1) is 6.92 Å². The summed E-state index contributed by atoms with van der Waals surface area (Å²) in [6.07, 6.45) is 0. The maximum Gasteiger partial charge on any atom is 0.122 e. The molecule has 0 radical (unpaired) electrons. The zero-order valence-electron chi connectivity index (χ0n) is 7.96. The minimum atomic E-state index is 1.09. The number of imidazole rings is 1. The molecule has 0 saturated carbocycles. The number of hydrogen-bond donors (Lipinski definition) is 0. The first-order valence-electron chi connectivity index (χ1n) is 4.15. The third kappa shape index (κ3) is 1.37. The van der Waals surface area contributed by atoms with E-state index in [0.29, 0.717) is 0 Å². The molecule has 0 unspecified atom stereocenters. The van der Waals surface area contributed by atoms with E-state index in [2.05, 4.69) is 14.9 Å². The Bertz CT molecular complexity index is 359. The Hall–Kier alpha value is -0.830. The van der Waals surface area contributed by atoms with Crippen molar-refractivity contribution >= 4 is 21.7 Å². The van der Waals surface area contributed by atoms with E-state index < -0.39 is 0 Å². The van der Waals surface area contributed by atoms with Gasteiger partial charge in [-0.3, -0.25) is 0 Å². The van der Waals surface area contributed by atoms with E-state index in [1.807, 2.05) is 33.9 Å². The summed E-state index contributed by atoms with van der Waals surface area (Å²) < 4.78 is 2.11. The van der Waals surface area contributed by atoms with Crippen molar-refractivity contribution in [2.24, 2.45) is 7.05 Å². The minimum absolute atomic E-state index is 1.09. The molecule has 0 amide bonds. The van der Waals surface area contributed by atoms with Gasteiger partial charge in [0.05, 0.1) is 5.52 Å². The van der Waals surface area contributed by atoms with E-state index in [1.165, 1.54) is 4.83 Å². The first-order valence-corrected chi connectivity index (χ1v) is 5.03. The summed E-state index contributed by atoms with van der Waals surface area (Å²) in [5, 5.41) is 2.07. The monoisotopic (exact) mass is 182 g/mol. The number of aromatic nitrogens is 2. The maximum absolute atomic E-state index is 4.35. The Morgan fingerprint density at radius 1 is 1.42 bits per heavy atom. The van der Waals surface area contributed by atoms with Crippen molar-refractivity contribution in [2.45, 2.75) is 20.8 Å². The van der Waals surface area contributed by atoms with Gasteiger partial charge in [-0.1, -0.05) is 13.8 Å². The Labute approximate surface area is 76.9 Å². The van der Waals surface area contributed by atoms with E-state index >= 15 is 0 Å². The van der Waals surface area contributed by atoms with Crippen molar-refractivity contribution in [3.63, 3.8) is 0 Å². The standard InChI is InChI=1S/C7H8N2S.C2H6/c1-5-8-6-3-4-10-7(6)9(5)2;1-2/h3-4H,1-2H3;1-2H3. The number of nitrogens with zero attached hydrogens (tertiary/aromatic N) is 2. The van der Waals surface area contributed by atoms with Gasteiger partial charge in [0.2, 0.25) is 0 Å². The lowest BCUT2D eigenvalue weighted by Gasteiger charge is -1.90. The van der Waals surface area contributed by atoms with Gasteiger partial charge >= 0.3 is 0 Å². The van der Waals surface area contributed by atoms with Crippen LogP contribution in [-0.4, -0.2) is 9.55 Å². The number of rotatable bonds is 0. The van der Waals surface area contributed by atoms with Crippen LogP contribution in [-0.2, 0) is 7.05 Å². The van der Waals surface area contributed by atoms with Gasteiger partial charge in [-0.15, -0.1) is 11.3 Å². The van der Waals surface area contributed by atoms with E-state index in [0.717, 1.165) is 11.3 Å². The zero-order chi connectivity index (χ0) is 9.14. The fraction of sp³-hybridized carbons (Fsp3) is 0.444. The molecule has 2 nitrogen and oxygen atoms in total. The quantitative estimate of drug-likeness (QED) is 0.612. The molecule has 0 spiro atoms. The first-order chi connectivity index (χ1) is 5.79. The zero-order valence-corrected chi connectivity index (χ0v) is 8.77. The van der Waals surface area contributed by atoms with Crippen LogP contribution >= 0.6 is 11.3 Å². The number of hydrogen-bond acceptors (Lipinski definition) is 2. The molecule has 2 rings (SSSR count). The number of thiophene rings is 1. The highest BCUT2D eigenvalue weighted by molar-refractivity contribution is 7.16. The van der Waals surface area contributed by atoms with E-state index in [-0.39, 0.29) is 0 Å². The third-order valence-electron chi connectivity index (χ3n) is 1.70. The molecule has 2 aromatic rings. The molecule has 2 aromatic heterocycles. The van der Waals surface area contributed by atoms with Gasteiger partial charge in [0.1, 0.15) is 10.7 Å². The summed E-state index contributed by atoms with van der Waals surface area (Å²) in [4.78, 5) is 5.61. The van der Waals surface area contributed by atoms with Gasteiger partial charge in [-0.25, -0.2) is 4.98 Å². The topological polar surface area (TPSA) is 17.8 Å². The lowest BCUT2D eigenvalue weighted by molar-refractivity contribution is 0.891. The Morgan fingerprint density at radius 3 is 2.67 bits per heavy atom. The molecule has 12 heavy (non-hydrogen) atoms. The lowest BCUT2D eigenvalue weighted by Crippen LogP contribution is -1.88. The maximum atomic E-state index is 4.35. The fourth-order valence-corrected chi connectivity index (χ4v) is 1.88. The van der Waals surface area contributed by atoms with Gasteiger partial charge < -0.3 is 4.57 Å². The third-order valence-corrected chi connectivity index (χ3v) is 2.68. The molecule has 0 saturated heterocycles. The van der Waals surface area contributed by atoms with Gasteiger partial charge in [0, 0.05) is 7.05 Å². The van der Waals surface area contributed by atoms with Gasteiger partial charge in [-0.2, -0.15) is 0 Å². The van der Waals surface area contributed by atoms with E-state index in [1.54, 1.807) is 11.3 Å². The van der Waals surface area contributed by atoms with Crippen LogP contribution in [0.5, 0.6) is 0 Å². The average Bonchev–Trinajstić information content (AvgIpc) is 2.62. The molecule has 3 heteroatoms. The molecule has 0 aromatic carbocycles. The van der Waals surface area contributed by atoms with Crippen LogP contribution in [0.3, 0.4) is 0 Å². The van der Waals surface area contributed by atoms with Gasteiger partial charge in [0.15, 0.2) is 0 Å². The summed E-state index contributed by atoms with van der Waals surface area (Å²) in [6.45, 7) is 6.02. The first kappa shape index (κ1) is 9.26. The highest BCUT2D eigenvalue weighted by Crippen LogP contribution is 2.19. The molecule has 0 aliphatic rings. The molecule has 0 N–H and O–H groups in total. The molecule has 66 valence electrons. The van der Waals surface area contributed by atoms with Crippen LogP contribution < -0.4 is 0 Å². The van der Waals surface area contributed by atoms with Crippen LogP contribution in [0.2, 0.25) is 0 Å². The average molecular weight is 182 g/mol. The summed E-state index contributed by atoms with van der Waals surface area (Å²) in [5.41, 5.74) is 1.12. The van der Waals surface area contributed by atoms with Crippen molar-refractivity contribution < 1.29 is 0 Å². The molecular weight excluding hydrogens is 168 g/mol. The van der Waals surface area contributed by atoms with E-state index in [9.17, 15) is 0 Å². The largest absolute Gasteiger partial charge is 0.323 e. The van der Waals surface area contributed by atoms with Crippen LogP contribution in [0.4, 0.5) is 0 Å². The van der Waals surface area contributed by atoms with Gasteiger partial charge in [0.25, 0.3) is 0 Å². The minimum Gasteiger partial charge on any atom is -0.323 e. The van der Waals surface area contributed by atoms with Crippen LogP contribution in [0.25, 0.3) is 10.3 Å². The lowest BCUT2D eigenvalue weighted by atomic mass is 10.6. The van der Waals surface area contributed by atoms with E-state index in [4.69, 9.17) is 0 Å². The number of aryl methyl sites for hydroxylation is 2. The highest BCUT2D eigenvalue weighted by Gasteiger charge is 2.02. The van der Waals surface area contributed by atoms with Crippen molar-refractivity contribution in [1.82, 2.24) is 9.55 Å². The van der Waals surface area contributed by atoms with Crippen LogP contribution in [0.15, 0.2) is 11.4 Å². The predicted octanol–water partition coefficient (Wildman–Crippen LogP) is 2.97. The second-order valence-corrected chi connectivity index (χ2v) is 3.22. The Kier molecular flexibility index (Phi) is 2.87. The molecule has 0 aliphatic carbocycles. The summed E-state index contributed by atoms with van der Waals surface area (Å²) in [6, 6.07) is 2.05. The Balaban J connectivity index is 0.000000336. The van der Waals surface area contributed by atoms with Gasteiger partial charge in [-0.05, 0) is 18.4 Å². The van der Waals surface area contributed by atoms with Crippen molar-refractivity contribution in [3.8, 4) is 0 Å². The second kappa shape index (κ2) is 3.72. The molecule has 0 aliphatic heterocycles. The van der Waals surface area contributed by atoms with Crippen molar-refractivity contribution in [2.75, 3.05) is 0 Å². The summed E-state index contributed by atoms with van der Waals surface area (Å²) in [7, 11) is 2.04. The highest BCUT2D eigenvalue weighted by atomic mass is 32.1. The van der Waals surface area contributed by atoms with Crippen LogP contribution in [0.1, 0.15) is 19.7 Å². The molecule has 0 atom stereocenters. The fourth-order valence-electron chi connectivity index (χ4n) is 1.03. The molecule has 2 heterocycles. The second-order valence-electron chi connectivity index (χ2n) is 2.33. The molecule has 0 bridgehead atoms. The molecule has 0 fully saturated rings. The SMILES string of the molecule is CC.Cc1nc2ccsc2n1C. The number of fused-ring (bicyclic) bond motifs is 1. The predicted molar refractivity (Wildman–Crippen MR) is 54.7 cm³/mol. The summed E-state index contributed by atoms with van der Waals surface area (Å²) >= 11 is 1.74. The summed E-state index contributed by atoms with van der Waals surface area (Å²) in [5.74, 6) is 1.09. The molecular formula is C9H14N2S. The normalized spacial score (nSPS) is 9.67.